The van der Waals surface area contributed by atoms with E-state index in [-0.39, 0.29) is 11.7 Å². The summed E-state index contributed by atoms with van der Waals surface area (Å²) in [5.41, 5.74) is 2.71. The molecule has 3 rings (SSSR count). The van der Waals surface area contributed by atoms with E-state index < -0.39 is 0 Å². The van der Waals surface area contributed by atoms with Crippen molar-refractivity contribution in [3.8, 4) is 0 Å². The van der Waals surface area contributed by atoms with Crippen LogP contribution in [0.3, 0.4) is 0 Å². The number of halogens is 1. The second-order valence-corrected chi connectivity index (χ2v) is 6.78. The molecule has 2 aromatic carbocycles. The van der Waals surface area contributed by atoms with E-state index in [9.17, 15) is 9.18 Å². The fraction of sp³-hybridized carbons (Fsp3) is 0.423. The highest BCUT2D eigenvalue weighted by Gasteiger charge is 2.16. The summed E-state index contributed by atoms with van der Waals surface area (Å²) in [6.45, 7) is 13.4. The van der Waals surface area contributed by atoms with Crippen LogP contribution >= 0.6 is 0 Å². The second kappa shape index (κ2) is 14.4. The number of aromatic amines is 1. The third-order valence-electron chi connectivity index (χ3n) is 4.99. The van der Waals surface area contributed by atoms with Gasteiger partial charge in [-0.25, -0.2) is 4.39 Å². The van der Waals surface area contributed by atoms with Crippen LogP contribution in [0, 0.1) is 5.82 Å². The van der Waals surface area contributed by atoms with Crippen molar-refractivity contribution in [2.75, 3.05) is 33.2 Å². The molecule has 0 aliphatic carbocycles. The number of nitrogens with one attached hydrogen (secondary N) is 1. The van der Waals surface area contributed by atoms with Crippen LogP contribution in [0.15, 0.2) is 54.7 Å². The van der Waals surface area contributed by atoms with Gasteiger partial charge in [0.05, 0.1) is 11.1 Å². The number of amides is 1. The van der Waals surface area contributed by atoms with Crippen LogP contribution in [0.4, 0.5) is 4.39 Å². The first kappa shape index (κ1) is 26.4. The standard InChI is InChI=1S/C22H26FN3O.2C2H6/c1-3-26(14-12-17-7-9-19(23)10-8-17)16-15-25(2)22(27)20-6-4-5-18-11-13-24-21(18)20;2*1-2/h4-11,13,24H,3,12,14-16H2,1-2H3;2*1-2H3. The van der Waals surface area contributed by atoms with Gasteiger partial charge in [0.25, 0.3) is 5.91 Å². The average molecular weight is 428 g/mol. The Morgan fingerprint density at radius 1 is 0.935 bits per heavy atom. The maximum Gasteiger partial charge on any atom is 0.255 e. The van der Waals surface area contributed by atoms with E-state index in [4.69, 9.17) is 0 Å². The topological polar surface area (TPSA) is 39.3 Å². The molecule has 0 aliphatic heterocycles. The second-order valence-electron chi connectivity index (χ2n) is 6.78. The first-order valence-corrected chi connectivity index (χ1v) is 11.4. The van der Waals surface area contributed by atoms with Gasteiger partial charge in [-0.15, -0.1) is 0 Å². The molecule has 1 aromatic heterocycles. The van der Waals surface area contributed by atoms with E-state index >= 15 is 0 Å². The maximum atomic E-state index is 13.0. The fourth-order valence-electron chi connectivity index (χ4n) is 3.23. The van der Waals surface area contributed by atoms with Crippen molar-refractivity contribution < 1.29 is 9.18 Å². The van der Waals surface area contributed by atoms with E-state index in [0.717, 1.165) is 42.5 Å². The molecule has 0 unspecified atom stereocenters. The zero-order valence-corrected chi connectivity index (χ0v) is 19.9. The number of rotatable bonds is 8. The van der Waals surface area contributed by atoms with Crippen molar-refractivity contribution in [3.63, 3.8) is 0 Å². The summed E-state index contributed by atoms with van der Waals surface area (Å²) in [6.07, 6.45) is 2.73. The molecule has 0 radical (unpaired) electrons. The largest absolute Gasteiger partial charge is 0.361 e. The Morgan fingerprint density at radius 3 is 2.26 bits per heavy atom. The number of carbonyl (C=O) groups is 1. The molecule has 5 heteroatoms. The normalized spacial score (nSPS) is 10.2. The number of likely N-dealkylation sites (N-methyl/N-ethyl adjacent to an activating group) is 2. The molecule has 0 atom stereocenters. The molecule has 3 aromatic rings. The third kappa shape index (κ3) is 7.83. The molecule has 0 bridgehead atoms. The fourth-order valence-corrected chi connectivity index (χ4v) is 3.23. The van der Waals surface area contributed by atoms with Gasteiger partial charge in [0.15, 0.2) is 0 Å². The maximum absolute atomic E-state index is 13.0. The van der Waals surface area contributed by atoms with Gasteiger partial charge in [-0.3, -0.25) is 4.79 Å². The Hall–Kier alpha value is -2.66. The van der Waals surface area contributed by atoms with Crippen LogP contribution in [-0.2, 0) is 6.42 Å². The number of nitrogens with zero attached hydrogens (tertiary/aromatic N) is 2. The lowest BCUT2D eigenvalue weighted by Gasteiger charge is -2.24. The minimum absolute atomic E-state index is 0.0256. The molecule has 4 nitrogen and oxygen atoms in total. The SMILES string of the molecule is CC.CC.CCN(CCc1ccc(F)cc1)CCN(C)C(=O)c1cccc2cc[nH]c12. The summed E-state index contributed by atoms with van der Waals surface area (Å²) in [7, 11) is 1.85. The minimum atomic E-state index is -0.205. The molecule has 0 aliphatic rings. The van der Waals surface area contributed by atoms with Gasteiger partial charge in [0.1, 0.15) is 5.82 Å². The van der Waals surface area contributed by atoms with Crippen LogP contribution in [-0.4, -0.2) is 53.9 Å². The Labute approximate surface area is 187 Å². The van der Waals surface area contributed by atoms with Gasteiger partial charge in [-0.05, 0) is 42.8 Å². The van der Waals surface area contributed by atoms with E-state index in [0.29, 0.717) is 12.1 Å². The van der Waals surface area contributed by atoms with Gasteiger partial charge < -0.3 is 14.8 Å². The molecule has 0 fully saturated rings. The first-order valence-electron chi connectivity index (χ1n) is 11.4. The van der Waals surface area contributed by atoms with Crippen molar-refractivity contribution >= 4 is 16.8 Å². The van der Waals surface area contributed by atoms with Crippen molar-refractivity contribution in [3.05, 3.63) is 71.7 Å². The van der Waals surface area contributed by atoms with Crippen LogP contribution in [0.5, 0.6) is 0 Å². The van der Waals surface area contributed by atoms with Gasteiger partial charge in [0, 0.05) is 38.3 Å². The smallest absolute Gasteiger partial charge is 0.255 e. The molecule has 1 amide bonds. The van der Waals surface area contributed by atoms with E-state index in [1.165, 1.54) is 12.1 Å². The number of carbonyl (C=O) groups excluding carboxylic acids is 1. The molecule has 1 N–H and O–H groups in total. The van der Waals surface area contributed by atoms with Crippen LogP contribution < -0.4 is 0 Å². The lowest BCUT2D eigenvalue weighted by molar-refractivity contribution is 0.0780. The number of fused-ring (bicyclic) bond motifs is 1. The number of aromatic nitrogens is 1. The average Bonchev–Trinajstić information content (AvgIpc) is 3.31. The predicted octanol–water partition coefficient (Wildman–Crippen LogP) is 6.00. The molecule has 0 saturated carbocycles. The molecule has 0 spiro atoms. The number of hydrogen-bond acceptors (Lipinski definition) is 2. The number of benzene rings is 2. The van der Waals surface area contributed by atoms with Crippen molar-refractivity contribution in [1.82, 2.24) is 14.8 Å². The monoisotopic (exact) mass is 427 g/mol. The van der Waals surface area contributed by atoms with Crippen molar-refractivity contribution in [1.29, 1.82) is 0 Å². The van der Waals surface area contributed by atoms with Gasteiger partial charge in [0.2, 0.25) is 0 Å². The van der Waals surface area contributed by atoms with Gasteiger partial charge in [-0.2, -0.15) is 0 Å². The minimum Gasteiger partial charge on any atom is -0.361 e. The lowest BCUT2D eigenvalue weighted by Crippen LogP contribution is -2.37. The zero-order chi connectivity index (χ0) is 23.2. The molecule has 1 heterocycles. The van der Waals surface area contributed by atoms with Crippen LogP contribution in [0.25, 0.3) is 10.9 Å². The number of hydrogen-bond donors (Lipinski definition) is 1. The highest BCUT2D eigenvalue weighted by Crippen LogP contribution is 2.18. The third-order valence-corrected chi connectivity index (χ3v) is 4.99. The van der Waals surface area contributed by atoms with E-state index in [2.05, 4.69) is 16.8 Å². The summed E-state index contributed by atoms with van der Waals surface area (Å²) < 4.78 is 13.0. The Morgan fingerprint density at radius 2 is 1.61 bits per heavy atom. The Bertz CT molecular complexity index is 889. The van der Waals surface area contributed by atoms with Gasteiger partial charge in [-0.1, -0.05) is 58.9 Å². The summed E-state index contributed by atoms with van der Waals surface area (Å²) in [5, 5.41) is 1.05. The quantitative estimate of drug-likeness (QED) is 0.479. The summed E-state index contributed by atoms with van der Waals surface area (Å²) >= 11 is 0. The number of H-pyrrole nitrogens is 1. The summed E-state index contributed by atoms with van der Waals surface area (Å²) in [4.78, 5) is 20.1. The zero-order valence-electron chi connectivity index (χ0n) is 19.9. The van der Waals surface area contributed by atoms with E-state index in [1.807, 2.05) is 77.3 Å². The molecular weight excluding hydrogens is 389 g/mol. The Balaban J connectivity index is 0.00000113. The summed E-state index contributed by atoms with van der Waals surface area (Å²) in [6, 6.07) is 14.4. The predicted molar refractivity (Wildman–Crippen MR) is 130 cm³/mol. The molecule has 0 saturated heterocycles. The van der Waals surface area contributed by atoms with Crippen molar-refractivity contribution in [2.45, 2.75) is 41.0 Å². The number of para-hydroxylation sites is 1. The van der Waals surface area contributed by atoms with Crippen LogP contribution in [0.2, 0.25) is 0 Å². The van der Waals surface area contributed by atoms with Gasteiger partial charge >= 0.3 is 0 Å². The molecular formula is C26H38FN3O. The Kier molecular flexibility index (Phi) is 12.2. The highest BCUT2D eigenvalue weighted by molar-refractivity contribution is 6.05. The summed E-state index contributed by atoms with van der Waals surface area (Å²) in [5.74, 6) is -0.180. The van der Waals surface area contributed by atoms with Crippen LogP contribution in [0.1, 0.15) is 50.5 Å². The lowest BCUT2D eigenvalue weighted by atomic mass is 10.1. The first-order chi connectivity index (χ1) is 15.1. The van der Waals surface area contributed by atoms with E-state index in [1.54, 1.807) is 4.90 Å². The molecule has 31 heavy (non-hydrogen) atoms. The van der Waals surface area contributed by atoms with Crippen molar-refractivity contribution in [2.24, 2.45) is 0 Å². The highest BCUT2D eigenvalue weighted by atomic mass is 19.1. The molecule has 170 valence electrons.